The van der Waals surface area contributed by atoms with Gasteiger partial charge in [-0.2, -0.15) is 0 Å². The maximum atomic E-state index is 2.36. The molecule has 0 spiro atoms. The van der Waals surface area contributed by atoms with E-state index in [2.05, 4.69) is 69.6 Å². The molecule has 0 saturated carbocycles. The number of quaternary nitrogens is 1. The number of benzene rings is 2. The molecular weight excluding hydrogens is 254 g/mol. The summed E-state index contributed by atoms with van der Waals surface area (Å²) in [5.74, 6) is 1.16. The number of hydrogen-bond donors (Lipinski definition) is 1. The van der Waals surface area contributed by atoms with Gasteiger partial charge in [0, 0.05) is 12.3 Å². The minimum atomic E-state index is 0.508. The summed E-state index contributed by atoms with van der Waals surface area (Å²) in [6.45, 7) is 3.59. The van der Waals surface area contributed by atoms with Gasteiger partial charge in [-0.25, -0.2) is 0 Å². The average molecular weight is 280 g/mol. The fraction of sp³-hybridized carbons (Fsp3) is 0.400. The monoisotopic (exact) mass is 280 g/mol. The van der Waals surface area contributed by atoms with Gasteiger partial charge < -0.3 is 4.90 Å². The van der Waals surface area contributed by atoms with Crippen molar-refractivity contribution in [1.82, 2.24) is 0 Å². The zero-order valence-corrected chi connectivity index (χ0v) is 13.4. The van der Waals surface area contributed by atoms with E-state index in [0.717, 1.165) is 0 Å². The molecule has 0 fully saturated rings. The van der Waals surface area contributed by atoms with Crippen LogP contribution in [0.3, 0.4) is 0 Å². The second kappa shape index (κ2) is 6.03. The van der Waals surface area contributed by atoms with Crippen LogP contribution in [0.1, 0.15) is 47.4 Å². The Balaban J connectivity index is 2.04. The Morgan fingerprint density at radius 2 is 1.52 bits per heavy atom. The summed E-state index contributed by atoms with van der Waals surface area (Å²) in [5.41, 5.74) is 6.16. The molecule has 110 valence electrons. The predicted molar refractivity (Wildman–Crippen MR) is 89.1 cm³/mol. The highest BCUT2D eigenvalue weighted by Gasteiger charge is 2.26. The van der Waals surface area contributed by atoms with Crippen LogP contribution >= 0.6 is 0 Å². The summed E-state index contributed by atoms with van der Waals surface area (Å²) in [7, 11) is 4.50. The van der Waals surface area contributed by atoms with Crippen LogP contribution in [0.25, 0.3) is 0 Å². The lowest BCUT2D eigenvalue weighted by Crippen LogP contribution is -3.05. The zero-order valence-electron chi connectivity index (χ0n) is 13.4. The molecule has 1 nitrogen and oxygen atoms in total. The normalized spacial score (nSPS) is 20.8. The van der Waals surface area contributed by atoms with Crippen LogP contribution in [0.2, 0.25) is 0 Å². The van der Waals surface area contributed by atoms with Crippen molar-refractivity contribution in [3.05, 3.63) is 70.8 Å². The van der Waals surface area contributed by atoms with Crippen molar-refractivity contribution >= 4 is 0 Å². The van der Waals surface area contributed by atoms with Crippen molar-refractivity contribution in [3.63, 3.8) is 0 Å². The Labute approximate surface area is 128 Å². The molecule has 0 bridgehead atoms. The number of nitrogens with one attached hydrogen (secondary N) is 1. The SMILES string of the molecule is C[C@H]1c2ccccc2C[C@@H](CC[NH+](C)C)c2ccccc21. The molecule has 21 heavy (non-hydrogen) atoms. The molecule has 3 rings (SSSR count). The van der Waals surface area contributed by atoms with E-state index in [9.17, 15) is 0 Å². The van der Waals surface area contributed by atoms with E-state index in [1.54, 1.807) is 11.1 Å². The number of fused-ring (bicyclic) bond motifs is 2. The van der Waals surface area contributed by atoms with Gasteiger partial charge in [0.15, 0.2) is 0 Å². The standard InChI is InChI=1S/C20H25N/c1-15-18-9-5-4-8-16(18)14-17(12-13-21(2)3)20-11-7-6-10-19(15)20/h4-11,15,17H,12-14H2,1-3H3/p+1/t15-,17+/m0/s1. The van der Waals surface area contributed by atoms with Gasteiger partial charge in [0.1, 0.15) is 0 Å². The second-order valence-electron chi connectivity index (χ2n) is 6.70. The van der Waals surface area contributed by atoms with Crippen LogP contribution in [-0.4, -0.2) is 20.6 Å². The Hall–Kier alpha value is -1.60. The first-order valence-electron chi connectivity index (χ1n) is 8.12. The smallest absolute Gasteiger partial charge is 0.0772 e. The lowest BCUT2D eigenvalue weighted by Gasteiger charge is -2.20. The molecule has 2 aromatic rings. The number of hydrogen-bond acceptors (Lipinski definition) is 0. The Kier molecular flexibility index (Phi) is 4.12. The van der Waals surface area contributed by atoms with Gasteiger partial charge in [-0.3, -0.25) is 0 Å². The minimum absolute atomic E-state index is 0.508. The molecule has 0 heterocycles. The average Bonchev–Trinajstić information content (AvgIpc) is 2.62. The van der Waals surface area contributed by atoms with Crippen molar-refractivity contribution < 1.29 is 4.90 Å². The maximum absolute atomic E-state index is 2.36. The Morgan fingerprint density at radius 3 is 2.24 bits per heavy atom. The van der Waals surface area contributed by atoms with Gasteiger partial charge in [0.25, 0.3) is 0 Å². The van der Waals surface area contributed by atoms with E-state index in [-0.39, 0.29) is 0 Å². The van der Waals surface area contributed by atoms with E-state index in [1.165, 1.54) is 35.4 Å². The Morgan fingerprint density at radius 1 is 0.905 bits per heavy atom. The largest absolute Gasteiger partial charge is 0.340 e. The summed E-state index contributed by atoms with van der Waals surface area (Å²) in [4.78, 5) is 1.54. The van der Waals surface area contributed by atoms with Crippen LogP contribution in [0.15, 0.2) is 48.5 Å². The van der Waals surface area contributed by atoms with Gasteiger partial charge in [-0.1, -0.05) is 55.5 Å². The third-order valence-electron chi connectivity index (χ3n) is 4.88. The van der Waals surface area contributed by atoms with E-state index < -0.39 is 0 Å². The first-order chi connectivity index (χ1) is 10.2. The fourth-order valence-corrected chi connectivity index (χ4v) is 3.68. The Bertz CT molecular complexity index is 615. The lowest BCUT2D eigenvalue weighted by molar-refractivity contribution is -0.858. The third-order valence-corrected chi connectivity index (χ3v) is 4.88. The topological polar surface area (TPSA) is 4.44 Å². The van der Waals surface area contributed by atoms with Crippen LogP contribution < -0.4 is 4.90 Å². The fourth-order valence-electron chi connectivity index (χ4n) is 3.68. The molecule has 0 amide bonds. The predicted octanol–water partition coefficient (Wildman–Crippen LogP) is 3.01. The molecule has 1 N–H and O–H groups in total. The van der Waals surface area contributed by atoms with Gasteiger partial charge >= 0.3 is 0 Å². The highest BCUT2D eigenvalue weighted by atomic mass is 15.0. The molecule has 0 saturated heterocycles. The third kappa shape index (κ3) is 2.89. The van der Waals surface area contributed by atoms with E-state index in [4.69, 9.17) is 0 Å². The van der Waals surface area contributed by atoms with Crippen LogP contribution in [0, 0.1) is 0 Å². The lowest BCUT2D eigenvalue weighted by atomic mass is 9.87. The summed E-state index contributed by atoms with van der Waals surface area (Å²) >= 11 is 0. The van der Waals surface area contributed by atoms with Crippen molar-refractivity contribution in [3.8, 4) is 0 Å². The molecule has 0 aromatic heterocycles. The molecule has 2 atom stereocenters. The van der Waals surface area contributed by atoms with Gasteiger partial charge in [-0.15, -0.1) is 0 Å². The second-order valence-corrected chi connectivity index (χ2v) is 6.70. The van der Waals surface area contributed by atoms with Gasteiger partial charge in [0.2, 0.25) is 0 Å². The van der Waals surface area contributed by atoms with E-state index >= 15 is 0 Å². The van der Waals surface area contributed by atoms with Crippen LogP contribution in [-0.2, 0) is 6.42 Å². The highest BCUT2D eigenvalue weighted by Crippen LogP contribution is 2.39. The summed E-state index contributed by atoms with van der Waals surface area (Å²) in [6.07, 6.45) is 2.45. The summed E-state index contributed by atoms with van der Waals surface area (Å²) in [6, 6.07) is 18.1. The molecular formula is C20H26N+. The van der Waals surface area contributed by atoms with Gasteiger partial charge in [0.05, 0.1) is 20.6 Å². The van der Waals surface area contributed by atoms with Crippen LogP contribution in [0.5, 0.6) is 0 Å². The first kappa shape index (κ1) is 14.3. The van der Waals surface area contributed by atoms with E-state index in [1.807, 2.05) is 0 Å². The molecule has 0 radical (unpaired) electrons. The van der Waals surface area contributed by atoms with Crippen molar-refractivity contribution in [1.29, 1.82) is 0 Å². The molecule has 0 aliphatic heterocycles. The molecule has 1 aliphatic carbocycles. The van der Waals surface area contributed by atoms with Crippen molar-refractivity contribution in [2.24, 2.45) is 0 Å². The molecule has 1 aliphatic rings. The molecule has 1 heteroatoms. The summed E-state index contributed by atoms with van der Waals surface area (Å²) in [5, 5.41) is 0. The van der Waals surface area contributed by atoms with E-state index in [0.29, 0.717) is 11.8 Å². The first-order valence-corrected chi connectivity index (χ1v) is 8.12. The van der Waals surface area contributed by atoms with Crippen LogP contribution in [0.4, 0.5) is 0 Å². The highest BCUT2D eigenvalue weighted by molar-refractivity contribution is 5.46. The minimum Gasteiger partial charge on any atom is -0.340 e. The van der Waals surface area contributed by atoms with Gasteiger partial charge in [-0.05, 0) is 34.6 Å². The molecule has 2 aromatic carbocycles. The maximum Gasteiger partial charge on any atom is 0.0772 e. The van der Waals surface area contributed by atoms with Crippen molar-refractivity contribution in [2.75, 3.05) is 20.6 Å². The summed E-state index contributed by atoms with van der Waals surface area (Å²) < 4.78 is 0. The molecule has 0 unspecified atom stereocenters. The zero-order chi connectivity index (χ0) is 14.8. The number of rotatable bonds is 3. The van der Waals surface area contributed by atoms with Crippen molar-refractivity contribution in [2.45, 2.75) is 31.6 Å². The quantitative estimate of drug-likeness (QED) is 0.881.